The summed E-state index contributed by atoms with van der Waals surface area (Å²) in [6.07, 6.45) is 1.77. The summed E-state index contributed by atoms with van der Waals surface area (Å²) in [5, 5.41) is 4.97. The topological polar surface area (TPSA) is 51.8 Å². The molecule has 0 atom stereocenters. The minimum atomic E-state index is 0.608. The van der Waals surface area contributed by atoms with Crippen molar-refractivity contribution in [1.29, 1.82) is 0 Å². The van der Waals surface area contributed by atoms with Gasteiger partial charge in [0.25, 0.3) is 0 Å². The molecule has 100 valence electrons. The summed E-state index contributed by atoms with van der Waals surface area (Å²) in [5.41, 5.74) is 2.15. The second-order valence-corrected chi connectivity index (χ2v) is 5.33. The van der Waals surface area contributed by atoms with Crippen LogP contribution in [0.5, 0.6) is 0 Å². The first-order valence-electron chi connectivity index (χ1n) is 6.25. The number of nitrogens with zero attached hydrogens (tertiary/aromatic N) is 3. The van der Waals surface area contributed by atoms with Gasteiger partial charge in [-0.2, -0.15) is 4.98 Å². The van der Waals surface area contributed by atoms with Crippen molar-refractivity contribution in [3.63, 3.8) is 0 Å². The van der Waals surface area contributed by atoms with Gasteiger partial charge in [-0.1, -0.05) is 46.7 Å². The smallest absolute Gasteiger partial charge is 0.237 e. The van der Waals surface area contributed by atoms with E-state index in [1.165, 1.54) is 5.56 Å². The molecular formula is C15H13N3OS. The van der Waals surface area contributed by atoms with Gasteiger partial charge in [0, 0.05) is 11.8 Å². The Balaban J connectivity index is 1.71. The molecule has 0 amide bonds. The van der Waals surface area contributed by atoms with Crippen LogP contribution in [-0.2, 0) is 5.75 Å². The van der Waals surface area contributed by atoms with Crippen LogP contribution in [0.1, 0.15) is 11.5 Å². The molecular weight excluding hydrogens is 270 g/mol. The fraction of sp³-hybridized carbons (Fsp3) is 0.133. The van der Waals surface area contributed by atoms with E-state index in [1.807, 2.05) is 49.4 Å². The van der Waals surface area contributed by atoms with Crippen molar-refractivity contribution in [3.05, 3.63) is 60.1 Å². The number of hydrogen-bond acceptors (Lipinski definition) is 5. The van der Waals surface area contributed by atoms with Crippen LogP contribution in [-0.4, -0.2) is 15.1 Å². The van der Waals surface area contributed by atoms with E-state index in [0.29, 0.717) is 17.5 Å². The van der Waals surface area contributed by atoms with Gasteiger partial charge in [0.15, 0.2) is 0 Å². The van der Waals surface area contributed by atoms with Crippen molar-refractivity contribution in [2.45, 2.75) is 17.7 Å². The van der Waals surface area contributed by atoms with E-state index in [-0.39, 0.29) is 0 Å². The average molecular weight is 283 g/mol. The van der Waals surface area contributed by atoms with Crippen LogP contribution >= 0.6 is 11.8 Å². The minimum absolute atomic E-state index is 0.608. The third-order valence-electron chi connectivity index (χ3n) is 2.73. The fourth-order valence-electron chi connectivity index (χ4n) is 1.78. The highest BCUT2D eigenvalue weighted by molar-refractivity contribution is 7.98. The highest BCUT2D eigenvalue weighted by Gasteiger charge is 2.09. The molecule has 0 aliphatic carbocycles. The molecule has 0 N–H and O–H groups in total. The molecule has 0 aliphatic rings. The summed E-state index contributed by atoms with van der Waals surface area (Å²) in [7, 11) is 0. The Labute approximate surface area is 121 Å². The standard InChI is InChI=1S/C15H13N3OS/c1-11-5-4-6-12(9-11)15-17-13(19-18-15)10-20-14-7-2-3-8-16-14/h2-9H,10H2,1H3. The SMILES string of the molecule is Cc1cccc(-c2noc(CSc3ccccn3)n2)c1. The molecule has 3 aromatic rings. The monoisotopic (exact) mass is 283 g/mol. The van der Waals surface area contributed by atoms with Gasteiger partial charge in [-0.05, 0) is 25.1 Å². The Morgan fingerprint density at radius 2 is 2.10 bits per heavy atom. The quantitative estimate of drug-likeness (QED) is 0.683. The van der Waals surface area contributed by atoms with Crippen LogP contribution in [0.4, 0.5) is 0 Å². The number of rotatable bonds is 4. The van der Waals surface area contributed by atoms with Gasteiger partial charge in [-0.15, -0.1) is 0 Å². The summed E-state index contributed by atoms with van der Waals surface area (Å²) in [6.45, 7) is 2.04. The van der Waals surface area contributed by atoms with Gasteiger partial charge >= 0.3 is 0 Å². The minimum Gasteiger partial charge on any atom is -0.338 e. The molecule has 0 saturated heterocycles. The lowest BCUT2D eigenvalue weighted by Crippen LogP contribution is -1.84. The van der Waals surface area contributed by atoms with E-state index in [9.17, 15) is 0 Å². The zero-order chi connectivity index (χ0) is 13.8. The molecule has 2 heterocycles. The largest absolute Gasteiger partial charge is 0.338 e. The van der Waals surface area contributed by atoms with Gasteiger partial charge in [0.05, 0.1) is 10.8 Å². The molecule has 3 rings (SSSR count). The molecule has 0 unspecified atom stereocenters. The molecule has 0 fully saturated rings. The van der Waals surface area contributed by atoms with E-state index in [1.54, 1.807) is 18.0 Å². The van der Waals surface area contributed by atoms with Gasteiger partial charge < -0.3 is 4.52 Å². The third-order valence-corrected chi connectivity index (χ3v) is 3.65. The number of thioether (sulfide) groups is 1. The normalized spacial score (nSPS) is 10.7. The molecule has 1 aromatic carbocycles. The van der Waals surface area contributed by atoms with Gasteiger partial charge in [-0.3, -0.25) is 0 Å². The maximum absolute atomic E-state index is 5.27. The second kappa shape index (κ2) is 5.88. The predicted molar refractivity (Wildman–Crippen MR) is 78.3 cm³/mol. The molecule has 20 heavy (non-hydrogen) atoms. The summed E-state index contributed by atoms with van der Waals surface area (Å²) < 4.78 is 5.27. The molecule has 0 spiro atoms. The van der Waals surface area contributed by atoms with E-state index < -0.39 is 0 Å². The second-order valence-electron chi connectivity index (χ2n) is 4.34. The van der Waals surface area contributed by atoms with Crippen LogP contribution in [0.3, 0.4) is 0 Å². The van der Waals surface area contributed by atoms with E-state index in [4.69, 9.17) is 4.52 Å². The first-order valence-corrected chi connectivity index (χ1v) is 7.23. The number of aryl methyl sites for hydroxylation is 1. The Morgan fingerprint density at radius 1 is 1.15 bits per heavy atom. The van der Waals surface area contributed by atoms with Crippen molar-refractivity contribution < 1.29 is 4.52 Å². The van der Waals surface area contributed by atoms with Crippen molar-refractivity contribution in [3.8, 4) is 11.4 Å². The van der Waals surface area contributed by atoms with Crippen LogP contribution in [0.15, 0.2) is 58.2 Å². The molecule has 0 aliphatic heterocycles. The number of pyridine rings is 1. The molecule has 0 bridgehead atoms. The third kappa shape index (κ3) is 3.05. The molecule has 0 saturated carbocycles. The average Bonchev–Trinajstić information content (AvgIpc) is 2.95. The van der Waals surface area contributed by atoms with Gasteiger partial charge in [0.2, 0.25) is 11.7 Å². The zero-order valence-corrected chi connectivity index (χ0v) is 11.8. The van der Waals surface area contributed by atoms with E-state index in [0.717, 1.165) is 10.6 Å². The number of hydrogen-bond donors (Lipinski definition) is 0. The van der Waals surface area contributed by atoms with Crippen LogP contribution in [0.2, 0.25) is 0 Å². The van der Waals surface area contributed by atoms with Crippen molar-refractivity contribution in [2.75, 3.05) is 0 Å². The van der Waals surface area contributed by atoms with Crippen LogP contribution < -0.4 is 0 Å². The molecule has 2 aromatic heterocycles. The maximum Gasteiger partial charge on any atom is 0.237 e. The highest BCUT2D eigenvalue weighted by Crippen LogP contribution is 2.22. The van der Waals surface area contributed by atoms with Gasteiger partial charge in [-0.25, -0.2) is 4.98 Å². The molecule has 0 radical (unpaired) electrons. The maximum atomic E-state index is 5.27. The Bertz CT molecular complexity index is 697. The lowest BCUT2D eigenvalue weighted by atomic mass is 10.1. The number of aromatic nitrogens is 3. The van der Waals surface area contributed by atoms with Crippen molar-refractivity contribution >= 4 is 11.8 Å². The first-order chi connectivity index (χ1) is 9.81. The van der Waals surface area contributed by atoms with Crippen LogP contribution in [0, 0.1) is 6.92 Å². The summed E-state index contributed by atoms with van der Waals surface area (Å²) >= 11 is 1.58. The Hall–Kier alpha value is -2.14. The van der Waals surface area contributed by atoms with Crippen molar-refractivity contribution in [2.24, 2.45) is 0 Å². The summed E-state index contributed by atoms with van der Waals surface area (Å²) in [6, 6.07) is 13.9. The Morgan fingerprint density at radius 3 is 2.90 bits per heavy atom. The number of benzene rings is 1. The summed E-state index contributed by atoms with van der Waals surface area (Å²) in [4.78, 5) is 8.65. The van der Waals surface area contributed by atoms with Gasteiger partial charge in [0.1, 0.15) is 0 Å². The van der Waals surface area contributed by atoms with E-state index >= 15 is 0 Å². The zero-order valence-electron chi connectivity index (χ0n) is 11.0. The van der Waals surface area contributed by atoms with E-state index in [2.05, 4.69) is 15.1 Å². The summed E-state index contributed by atoms with van der Waals surface area (Å²) in [5.74, 6) is 1.86. The Kier molecular flexibility index (Phi) is 3.78. The lowest BCUT2D eigenvalue weighted by Gasteiger charge is -1.96. The highest BCUT2D eigenvalue weighted by atomic mass is 32.2. The fourth-order valence-corrected chi connectivity index (χ4v) is 2.48. The molecule has 4 nitrogen and oxygen atoms in total. The van der Waals surface area contributed by atoms with Crippen LogP contribution in [0.25, 0.3) is 11.4 Å². The van der Waals surface area contributed by atoms with Crippen molar-refractivity contribution in [1.82, 2.24) is 15.1 Å². The molecule has 5 heteroatoms. The lowest BCUT2D eigenvalue weighted by molar-refractivity contribution is 0.391. The predicted octanol–water partition coefficient (Wildman–Crippen LogP) is 3.73. The first kappa shape index (κ1) is 12.9.